The van der Waals surface area contributed by atoms with E-state index in [9.17, 15) is 17.6 Å². The van der Waals surface area contributed by atoms with Gasteiger partial charge in [0.15, 0.2) is 0 Å². The Morgan fingerprint density at radius 1 is 1.23 bits per heavy atom. The van der Waals surface area contributed by atoms with Crippen molar-refractivity contribution in [2.45, 2.75) is 27.3 Å². The number of nitrogens with one attached hydrogen (secondary N) is 1. The molecule has 7 heteroatoms. The number of sulfonamides is 1. The maximum absolute atomic E-state index is 12.9. The predicted octanol–water partition coefficient (Wildman–Crippen LogP) is 1.75. The zero-order valence-electron chi connectivity index (χ0n) is 13.4. The van der Waals surface area contributed by atoms with Gasteiger partial charge in [0.1, 0.15) is 5.82 Å². The number of benzene rings is 1. The summed E-state index contributed by atoms with van der Waals surface area (Å²) in [6, 6.07) is 5.52. The molecule has 0 saturated carbocycles. The third kappa shape index (κ3) is 7.00. The fraction of sp³-hybridized carbons (Fsp3) is 0.533. The fourth-order valence-corrected chi connectivity index (χ4v) is 2.40. The van der Waals surface area contributed by atoms with Gasteiger partial charge < -0.3 is 5.32 Å². The van der Waals surface area contributed by atoms with Crippen LogP contribution < -0.4 is 5.32 Å². The largest absolute Gasteiger partial charge is 0.354 e. The highest BCUT2D eigenvalue weighted by Gasteiger charge is 2.21. The first-order valence-electron chi connectivity index (χ1n) is 6.94. The van der Waals surface area contributed by atoms with Crippen LogP contribution in [0.2, 0.25) is 0 Å². The normalized spacial score (nSPS) is 12.5. The van der Waals surface area contributed by atoms with E-state index in [1.54, 1.807) is 0 Å². The Labute approximate surface area is 131 Å². The fourth-order valence-electron chi connectivity index (χ4n) is 1.66. The highest BCUT2D eigenvalue weighted by molar-refractivity contribution is 7.88. The number of carbonyl (C=O) groups is 1. The molecule has 5 nitrogen and oxygen atoms in total. The summed E-state index contributed by atoms with van der Waals surface area (Å²) in [5.41, 5.74) is 0.540. The predicted molar refractivity (Wildman–Crippen MR) is 84.1 cm³/mol. The molecule has 1 aromatic carbocycles. The van der Waals surface area contributed by atoms with Crippen molar-refractivity contribution in [3.8, 4) is 0 Å². The molecule has 1 N–H and O–H groups in total. The summed E-state index contributed by atoms with van der Waals surface area (Å²) in [5.74, 6) is -0.750. The summed E-state index contributed by atoms with van der Waals surface area (Å²) >= 11 is 0. The zero-order valence-corrected chi connectivity index (χ0v) is 14.2. The average molecular weight is 330 g/mol. The van der Waals surface area contributed by atoms with E-state index in [0.29, 0.717) is 12.1 Å². The van der Waals surface area contributed by atoms with Crippen LogP contribution in [0.15, 0.2) is 24.3 Å². The lowest BCUT2D eigenvalue weighted by molar-refractivity contribution is -0.121. The highest BCUT2D eigenvalue weighted by atomic mass is 32.2. The number of amides is 1. The van der Waals surface area contributed by atoms with Crippen LogP contribution in [0.5, 0.6) is 0 Å². The van der Waals surface area contributed by atoms with Crippen molar-refractivity contribution < 1.29 is 17.6 Å². The van der Waals surface area contributed by atoms with Gasteiger partial charge in [-0.25, -0.2) is 12.8 Å². The molecule has 22 heavy (non-hydrogen) atoms. The van der Waals surface area contributed by atoms with Crippen LogP contribution in [0.4, 0.5) is 4.39 Å². The van der Waals surface area contributed by atoms with Gasteiger partial charge >= 0.3 is 0 Å². The van der Waals surface area contributed by atoms with Crippen molar-refractivity contribution in [3.63, 3.8) is 0 Å². The van der Waals surface area contributed by atoms with E-state index in [4.69, 9.17) is 0 Å². The Kier molecular flexibility index (Phi) is 6.08. The summed E-state index contributed by atoms with van der Waals surface area (Å²) in [6.45, 7) is 6.15. The standard InChI is InChI=1S/C15H23FN2O3S/c1-15(2,3)11-17-14(19)10-18(22(4,20)21)9-12-5-7-13(16)8-6-12/h5-8H,9-11H2,1-4H3,(H,17,19). The maximum atomic E-state index is 12.9. The molecule has 0 aliphatic carbocycles. The molecule has 0 radical (unpaired) electrons. The van der Waals surface area contributed by atoms with E-state index < -0.39 is 15.8 Å². The quantitative estimate of drug-likeness (QED) is 0.864. The molecule has 0 fully saturated rings. The van der Waals surface area contributed by atoms with Crippen LogP contribution in [0.1, 0.15) is 26.3 Å². The molecule has 1 rings (SSSR count). The van der Waals surface area contributed by atoms with Crippen LogP contribution in [0, 0.1) is 11.2 Å². The molecule has 0 spiro atoms. The van der Waals surface area contributed by atoms with Crippen LogP contribution in [-0.4, -0.2) is 38.0 Å². The molecule has 0 heterocycles. The molecule has 0 unspecified atom stereocenters. The van der Waals surface area contributed by atoms with E-state index >= 15 is 0 Å². The Balaban J connectivity index is 2.74. The second-order valence-corrected chi connectivity index (χ2v) is 8.48. The first-order valence-corrected chi connectivity index (χ1v) is 8.78. The molecule has 1 amide bonds. The van der Waals surface area contributed by atoms with Gasteiger partial charge in [-0.05, 0) is 23.1 Å². The van der Waals surface area contributed by atoms with E-state index in [1.165, 1.54) is 24.3 Å². The summed E-state index contributed by atoms with van der Waals surface area (Å²) in [4.78, 5) is 11.9. The van der Waals surface area contributed by atoms with Gasteiger partial charge in [-0.15, -0.1) is 0 Å². The van der Waals surface area contributed by atoms with Gasteiger partial charge in [0.05, 0.1) is 12.8 Å². The summed E-state index contributed by atoms with van der Waals surface area (Å²) in [6.07, 6.45) is 1.05. The summed E-state index contributed by atoms with van der Waals surface area (Å²) in [5, 5.41) is 2.72. The Bertz CT molecular complexity index is 607. The number of nitrogens with zero attached hydrogens (tertiary/aromatic N) is 1. The number of rotatable bonds is 6. The Morgan fingerprint density at radius 2 is 1.77 bits per heavy atom. The first kappa shape index (κ1) is 18.6. The minimum absolute atomic E-state index is 0.0298. The molecule has 0 saturated heterocycles. The van der Waals surface area contributed by atoms with E-state index in [0.717, 1.165) is 10.6 Å². The maximum Gasteiger partial charge on any atom is 0.235 e. The zero-order chi connectivity index (χ0) is 17.0. The minimum Gasteiger partial charge on any atom is -0.354 e. The number of carbonyl (C=O) groups excluding carboxylic acids is 1. The third-order valence-electron chi connectivity index (χ3n) is 2.88. The molecule has 1 aromatic rings. The third-order valence-corrected chi connectivity index (χ3v) is 4.07. The van der Waals surface area contributed by atoms with Gasteiger partial charge in [-0.1, -0.05) is 32.9 Å². The van der Waals surface area contributed by atoms with Crippen molar-refractivity contribution in [2.75, 3.05) is 19.3 Å². The highest BCUT2D eigenvalue weighted by Crippen LogP contribution is 2.11. The van der Waals surface area contributed by atoms with Gasteiger partial charge in [-0.2, -0.15) is 4.31 Å². The van der Waals surface area contributed by atoms with Crippen LogP contribution >= 0.6 is 0 Å². The second kappa shape index (κ2) is 7.19. The van der Waals surface area contributed by atoms with Crippen molar-refractivity contribution in [1.29, 1.82) is 0 Å². The molecule has 0 aliphatic heterocycles. The van der Waals surface area contributed by atoms with Crippen LogP contribution in [-0.2, 0) is 21.4 Å². The molecule has 124 valence electrons. The summed E-state index contributed by atoms with van der Waals surface area (Å²) in [7, 11) is -3.54. The minimum atomic E-state index is -3.54. The first-order chi connectivity index (χ1) is 9.97. The SMILES string of the molecule is CC(C)(C)CNC(=O)CN(Cc1ccc(F)cc1)S(C)(=O)=O. The average Bonchev–Trinajstić information content (AvgIpc) is 2.36. The van der Waals surface area contributed by atoms with E-state index in [2.05, 4.69) is 5.32 Å². The Morgan fingerprint density at radius 3 is 2.23 bits per heavy atom. The molecule has 0 atom stereocenters. The Hall–Kier alpha value is -1.47. The topological polar surface area (TPSA) is 66.5 Å². The lowest BCUT2D eigenvalue weighted by atomic mass is 9.97. The van der Waals surface area contributed by atoms with Crippen molar-refractivity contribution in [1.82, 2.24) is 9.62 Å². The van der Waals surface area contributed by atoms with Crippen LogP contribution in [0.25, 0.3) is 0 Å². The van der Waals surface area contributed by atoms with Gasteiger partial charge in [0.25, 0.3) is 0 Å². The molecule has 0 bridgehead atoms. The number of hydrogen-bond acceptors (Lipinski definition) is 3. The van der Waals surface area contributed by atoms with Crippen LogP contribution in [0.3, 0.4) is 0 Å². The van der Waals surface area contributed by atoms with E-state index in [1.807, 2.05) is 20.8 Å². The van der Waals surface area contributed by atoms with Gasteiger partial charge in [0.2, 0.25) is 15.9 Å². The molecule has 0 aromatic heterocycles. The smallest absolute Gasteiger partial charge is 0.235 e. The van der Waals surface area contributed by atoms with Gasteiger partial charge in [0, 0.05) is 13.1 Å². The number of hydrogen-bond donors (Lipinski definition) is 1. The second-order valence-electron chi connectivity index (χ2n) is 6.49. The van der Waals surface area contributed by atoms with Crippen molar-refractivity contribution in [2.24, 2.45) is 5.41 Å². The van der Waals surface area contributed by atoms with Gasteiger partial charge in [-0.3, -0.25) is 4.79 Å². The monoisotopic (exact) mass is 330 g/mol. The molecular formula is C15H23FN2O3S. The molecular weight excluding hydrogens is 307 g/mol. The molecule has 0 aliphatic rings. The van der Waals surface area contributed by atoms with Crippen molar-refractivity contribution in [3.05, 3.63) is 35.6 Å². The lowest BCUT2D eigenvalue weighted by Gasteiger charge is -2.22. The van der Waals surface area contributed by atoms with Crippen molar-refractivity contribution >= 4 is 15.9 Å². The summed E-state index contributed by atoms with van der Waals surface area (Å²) < 4.78 is 37.6. The lowest BCUT2D eigenvalue weighted by Crippen LogP contribution is -2.42. The number of halogens is 1. The van der Waals surface area contributed by atoms with E-state index in [-0.39, 0.29) is 24.4 Å².